The van der Waals surface area contributed by atoms with Crippen molar-refractivity contribution in [2.45, 2.75) is 19.1 Å². The monoisotopic (exact) mass is 415 g/mol. The molecule has 1 aliphatic rings. The van der Waals surface area contributed by atoms with E-state index in [2.05, 4.69) is 52.8 Å². The van der Waals surface area contributed by atoms with E-state index < -0.39 is 0 Å². The second kappa shape index (κ2) is 9.67. The van der Waals surface area contributed by atoms with Crippen LogP contribution >= 0.6 is 0 Å². The first-order chi connectivity index (χ1) is 15.2. The highest BCUT2D eigenvalue weighted by atomic mass is 16.5. The molecule has 4 rings (SSSR count). The normalized spacial score (nSPS) is 15.5. The van der Waals surface area contributed by atoms with Crippen LogP contribution < -0.4 is 19.7 Å². The van der Waals surface area contributed by atoms with Crippen molar-refractivity contribution in [3.05, 3.63) is 89.1 Å². The summed E-state index contributed by atoms with van der Waals surface area (Å²) < 4.78 is 11.8. The Morgan fingerprint density at radius 3 is 2.71 bits per heavy atom. The summed E-state index contributed by atoms with van der Waals surface area (Å²) in [6, 6.07) is 18.6. The fourth-order valence-electron chi connectivity index (χ4n) is 3.89. The topological polar surface area (TPSA) is 46.6 Å². The second-order valence-electron chi connectivity index (χ2n) is 7.83. The lowest BCUT2D eigenvalue weighted by atomic mass is 9.93. The van der Waals surface area contributed by atoms with E-state index in [0.717, 1.165) is 41.4 Å². The Labute approximate surface area is 184 Å². The number of nitrogens with zero attached hydrogens (tertiary/aromatic N) is 2. The molecule has 0 radical (unpaired) electrons. The number of benzene rings is 2. The molecule has 0 saturated carbocycles. The fourth-order valence-corrected chi connectivity index (χ4v) is 3.89. The molecule has 1 N–H and O–H groups in total. The minimum Gasteiger partial charge on any atom is -0.493 e. The van der Waals surface area contributed by atoms with Crippen LogP contribution in [0.5, 0.6) is 11.5 Å². The van der Waals surface area contributed by atoms with E-state index in [1.807, 2.05) is 49.5 Å². The van der Waals surface area contributed by atoms with Gasteiger partial charge in [-0.2, -0.15) is 0 Å². The lowest BCUT2D eigenvalue weighted by Crippen LogP contribution is -2.28. The average Bonchev–Trinajstić information content (AvgIpc) is 2.81. The molecule has 31 heavy (non-hydrogen) atoms. The number of methoxy groups -OCH3 is 1. The van der Waals surface area contributed by atoms with Crippen molar-refractivity contribution in [2.24, 2.45) is 0 Å². The van der Waals surface area contributed by atoms with Crippen LogP contribution in [-0.4, -0.2) is 32.7 Å². The highest BCUT2D eigenvalue weighted by Gasteiger charge is 2.21. The summed E-state index contributed by atoms with van der Waals surface area (Å²) in [5.41, 5.74) is 4.74. The van der Waals surface area contributed by atoms with Gasteiger partial charge in [0.05, 0.1) is 13.2 Å². The second-order valence-corrected chi connectivity index (χ2v) is 7.83. The molecule has 0 bridgehead atoms. The van der Waals surface area contributed by atoms with Crippen molar-refractivity contribution in [3.8, 4) is 11.5 Å². The van der Waals surface area contributed by atoms with Crippen LogP contribution in [0.4, 0.5) is 5.82 Å². The predicted octanol–water partition coefficient (Wildman–Crippen LogP) is 4.64. The molecule has 0 fully saturated rings. The summed E-state index contributed by atoms with van der Waals surface area (Å²) in [6.45, 7) is 1.44. The molecule has 1 aliphatic heterocycles. The zero-order valence-corrected chi connectivity index (χ0v) is 18.3. The third kappa shape index (κ3) is 4.89. The molecule has 160 valence electrons. The third-order valence-corrected chi connectivity index (χ3v) is 5.46. The van der Waals surface area contributed by atoms with Gasteiger partial charge in [-0.1, -0.05) is 42.5 Å². The first kappa shape index (κ1) is 20.9. The van der Waals surface area contributed by atoms with Gasteiger partial charge in [-0.3, -0.25) is 0 Å². The molecule has 0 saturated heterocycles. The molecule has 0 amide bonds. The summed E-state index contributed by atoms with van der Waals surface area (Å²) in [5, 5.41) is 3.61. The number of rotatable bonds is 7. The number of hydrogen-bond donors (Lipinski definition) is 1. The number of anilines is 1. The van der Waals surface area contributed by atoms with Gasteiger partial charge in [-0.05, 0) is 47.4 Å². The maximum absolute atomic E-state index is 6.11. The summed E-state index contributed by atoms with van der Waals surface area (Å²) in [6.07, 6.45) is 7.12. The van der Waals surface area contributed by atoms with Crippen molar-refractivity contribution in [1.29, 1.82) is 0 Å². The molecule has 1 atom stereocenters. The van der Waals surface area contributed by atoms with E-state index in [1.54, 1.807) is 7.11 Å². The molecule has 5 heteroatoms. The Kier molecular flexibility index (Phi) is 6.53. The van der Waals surface area contributed by atoms with Gasteiger partial charge in [0, 0.05) is 32.4 Å². The average molecular weight is 416 g/mol. The summed E-state index contributed by atoms with van der Waals surface area (Å²) in [4.78, 5) is 6.52. The van der Waals surface area contributed by atoms with E-state index in [0.29, 0.717) is 6.61 Å². The molecule has 2 aromatic carbocycles. The number of hydrogen-bond acceptors (Lipinski definition) is 5. The van der Waals surface area contributed by atoms with Crippen molar-refractivity contribution in [2.75, 3.05) is 32.6 Å². The van der Waals surface area contributed by atoms with Gasteiger partial charge >= 0.3 is 0 Å². The van der Waals surface area contributed by atoms with Gasteiger partial charge in [0.15, 0.2) is 11.5 Å². The smallest absolute Gasteiger partial charge is 0.161 e. The molecule has 2 heterocycles. The van der Waals surface area contributed by atoms with Crippen molar-refractivity contribution in [3.63, 3.8) is 0 Å². The molecule has 1 unspecified atom stereocenters. The lowest BCUT2D eigenvalue weighted by molar-refractivity contribution is 0.283. The first-order valence-electron chi connectivity index (χ1n) is 10.6. The molecule has 0 spiro atoms. The quantitative estimate of drug-likeness (QED) is 0.609. The highest BCUT2D eigenvalue weighted by molar-refractivity contribution is 5.64. The minimum absolute atomic E-state index is 0.107. The van der Waals surface area contributed by atoms with Crippen LogP contribution in [-0.2, 0) is 13.0 Å². The number of nitrogens with one attached hydrogen (secondary N) is 1. The van der Waals surface area contributed by atoms with Crippen molar-refractivity contribution < 1.29 is 9.47 Å². The van der Waals surface area contributed by atoms with E-state index >= 15 is 0 Å². The van der Waals surface area contributed by atoms with E-state index in [4.69, 9.17) is 9.47 Å². The molecular weight excluding hydrogens is 386 g/mol. The Bertz CT molecular complexity index is 1050. The largest absolute Gasteiger partial charge is 0.493 e. The Hall–Kier alpha value is -3.31. The Morgan fingerprint density at radius 1 is 1.10 bits per heavy atom. The molecule has 0 aliphatic carbocycles. The summed E-state index contributed by atoms with van der Waals surface area (Å²) >= 11 is 0. The van der Waals surface area contributed by atoms with Gasteiger partial charge in [-0.15, -0.1) is 0 Å². The number of fused-ring (bicyclic) bond motifs is 1. The summed E-state index contributed by atoms with van der Waals surface area (Å²) in [7, 11) is 5.71. The minimum atomic E-state index is 0.107. The van der Waals surface area contributed by atoms with E-state index in [-0.39, 0.29) is 6.04 Å². The van der Waals surface area contributed by atoms with Crippen LogP contribution in [0.15, 0.2) is 66.9 Å². The Balaban J connectivity index is 1.58. The lowest BCUT2D eigenvalue weighted by Gasteiger charge is -2.26. The van der Waals surface area contributed by atoms with Crippen molar-refractivity contribution >= 4 is 11.9 Å². The van der Waals surface area contributed by atoms with Crippen LogP contribution in [0, 0.1) is 0 Å². The van der Waals surface area contributed by atoms with Gasteiger partial charge in [0.25, 0.3) is 0 Å². The molecular formula is C26H29N3O2. The van der Waals surface area contributed by atoms with Crippen LogP contribution in [0.1, 0.15) is 28.3 Å². The maximum Gasteiger partial charge on any atom is 0.161 e. The van der Waals surface area contributed by atoms with Crippen LogP contribution in [0.3, 0.4) is 0 Å². The highest BCUT2D eigenvalue weighted by Crippen LogP contribution is 2.36. The summed E-state index contributed by atoms with van der Waals surface area (Å²) in [5.74, 6) is 2.50. The van der Waals surface area contributed by atoms with Gasteiger partial charge < -0.3 is 19.7 Å². The zero-order valence-electron chi connectivity index (χ0n) is 18.3. The van der Waals surface area contributed by atoms with Gasteiger partial charge in [0.2, 0.25) is 0 Å². The van der Waals surface area contributed by atoms with E-state index in [1.165, 1.54) is 11.1 Å². The van der Waals surface area contributed by atoms with Crippen LogP contribution in [0.25, 0.3) is 6.08 Å². The maximum atomic E-state index is 6.11. The predicted molar refractivity (Wildman–Crippen MR) is 126 cm³/mol. The Morgan fingerprint density at radius 2 is 1.94 bits per heavy atom. The molecule has 5 nitrogen and oxygen atoms in total. The number of pyridine rings is 1. The van der Waals surface area contributed by atoms with E-state index in [9.17, 15) is 0 Å². The standard InChI is InChI=1S/C26H29N3O2/c1-29(2)26-20(10-7-14-28-26)11-12-23-22-17-24(30-3)25(16-21(22)13-15-27-23)31-18-19-8-5-4-6-9-19/h4-12,14,16-17,23,27H,13,15,18H2,1-3H3/b12-11+. The van der Waals surface area contributed by atoms with Gasteiger partial charge in [-0.25, -0.2) is 4.98 Å². The van der Waals surface area contributed by atoms with Gasteiger partial charge in [0.1, 0.15) is 12.4 Å². The fraction of sp³-hybridized carbons (Fsp3) is 0.269. The molecule has 1 aromatic heterocycles. The zero-order chi connectivity index (χ0) is 21.6. The van der Waals surface area contributed by atoms with Crippen molar-refractivity contribution in [1.82, 2.24) is 10.3 Å². The number of aromatic nitrogens is 1. The number of ether oxygens (including phenoxy) is 2. The van der Waals surface area contributed by atoms with Crippen LogP contribution in [0.2, 0.25) is 0 Å². The third-order valence-electron chi connectivity index (χ3n) is 5.46. The first-order valence-corrected chi connectivity index (χ1v) is 10.6. The SMILES string of the molecule is COc1cc2c(cc1OCc1ccccc1)CCNC2/C=C/c1cccnc1N(C)C. The molecule has 3 aromatic rings.